The Labute approximate surface area is 132 Å². The van der Waals surface area contributed by atoms with Gasteiger partial charge in [-0.1, -0.05) is 6.07 Å². The summed E-state index contributed by atoms with van der Waals surface area (Å²) in [4.78, 5) is 3.93. The third-order valence-corrected chi connectivity index (χ3v) is 5.17. The van der Waals surface area contributed by atoms with E-state index in [9.17, 15) is 21.6 Å². The zero-order chi connectivity index (χ0) is 17.1. The van der Waals surface area contributed by atoms with Crippen molar-refractivity contribution in [2.75, 3.05) is 13.6 Å². The molecule has 0 radical (unpaired) electrons. The van der Waals surface area contributed by atoms with Crippen molar-refractivity contribution in [3.05, 3.63) is 59.9 Å². The van der Waals surface area contributed by atoms with Crippen molar-refractivity contribution < 1.29 is 21.6 Å². The summed E-state index contributed by atoms with van der Waals surface area (Å²) in [6, 6.07) is 8.79. The maximum Gasteiger partial charge on any atom is 0.416 e. The lowest BCUT2D eigenvalue weighted by Gasteiger charge is -2.17. The van der Waals surface area contributed by atoms with Crippen molar-refractivity contribution >= 4 is 10.0 Å². The number of halogens is 3. The summed E-state index contributed by atoms with van der Waals surface area (Å²) in [6.07, 6.45) is -2.47. The lowest BCUT2D eigenvalue weighted by atomic mass is 10.2. The van der Waals surface area contributed by atoms with Crippen LogP contribution in [0.15, 0.2) is 53.6 Å². The summed E-state index contributed by atoms with van der Waals surface area (Å²) >= 11 is 0. The predicted molar refractivity (Wildman–Crippen MR) is 79.2 cm³/mol. The fourth-order valence-corrected chi connectivity index (χ4v) is 3.11. The van der Waals surface area contributed by atoms with Gasteiger partial charge in [0.2, 0.25) is 10.0 Å². The molecule has 0 fully saturated rings. The first-order valence-electron chi connectivity index (χ1n) is 6.75. The van der Waals surface area contributed by atoms with Gasteiger partial charge in [-0.3, -0.25) is 4.98 Å². The van der Waals surface area contributed by atoms with Gasteiger partial charge in [0.25, 0.3) is 0 Å². The van der Waals surface area contributed by atoms with E-state index in [2.05, 4.69) is 4.98 Å². The molecule has 2 aromatic rings. The van der Waals surface area contributed by atoms with E-state index in [0.29, 0.717) is 6.42 Å². The fraction of sp³-hybridized carbons (Fsp3) is 0.267. The van der Waals surface area contributed by atoms with E-state index in [4.69, 9.17) is 0 Å². The fourth-order valence-electron chi connectivity index (χ4n) is 1.93. The molecule has 1 aromatic carbocycles. The Balaban J connectivity index is 2.11. The molecule has 0 saturated heterocycles. The van der Waals surface area contributed by atoms with Gasteiger partial charge in [-0.2, -0.15) is 13.2 Å². The van der Waals surface area contributed by atoms with Crippen LogP contribution in [-0.2, 0) is 22.6 Å². The Morgan fingerprint density at radius 1 is 1.09 bits per heavy atom. The second kappa shape index (κ2) is 6.67. The van der Waals surface area contributed by atoms with Gasteiger partial charge >= 0.3 is 6.18 Å². The summed E-state index contributed by atoms with van der Waals surface area (Å²) in [5.74, 6) is 0. The van der Waals surface area contributed by atoms with Gasteiger partial charge in [0, 0.05) is 31.9 Å². The topological polar surface area (TPSA) is 50.3 Å². The third kappa shape index (κ3) is 4.29. The molecular weight excluding hydrogens is 329 g/mol. The minimum Gasteiger partial charge on any atom is -0.261 e. The van der Waals surface area contributed by atoms with E-state index >= 15 is 0 Å². The molecule has 0 aliphatic rings. The van der Waals surface area contributed by atoms with Crippen molar-refractivity contribution in [1.29, 1.82) is 0 Å². The summed E-state index contributed by atoms with van der Waals surface area (Å²) in [5, 5.41) is 0. The maximum atomic E-state index is 12.5. The molecule has 124 valence electrons. The molecule has 0 aliphatic heterocycles. The molecule has 0 atom stereocenters. The summed E-state index contributed by atoms with van der Waals surface area (Å²) < 4.78 is 63.3. The molecule has 0 aliphatic carbocycles. The van der Waals surface area contributed by atoms with Crippen molar-refractivity contribution in [2.45, 2.75) is 17.5 Å². The predicted octanol–water partition coefficient (Wildman–Crippen LogP) is 2.96. The average Bonchev–Trinajstić information content (AvgIpc) is 2.52. The average molecular weight is 344 g/mol. The second-order valence-electron chi connectivity index (χ2n) is 4.92. The van der Waals surface area contributed by atoms with E-state index < -0.39 is 21.8 Å². The van der Waals surface area contributed by atoms with Gasteiger partial charge in [-0.15, -0.1) is 0 Å². The van der Waals surface area contributed by atoms with Crippen LogP contribution < -0.4 is 0 Å². The molecule has 0 amide bonds. The number of hydrogen-bond acceptors (Lipinski definition) is 3. The molecule has 0 unspecified atom stereocenters. The van der Waals surface area contributed by atoms with Crippen LogP contribution in [0.1, 0.15) is 11.3 Å². The Bertz CT molecular complexity index is 745. The van der Waals surface area contributed by atoms with Crippen molar-refractivity contribution in [3.63, 3.8) is 0 Å². The summed E-state index contributed by atoms with van der Waals surface area (Å²) in [6.45, 7) is 0.181. The molecule has 23 heavy (non-hydrogen) atoms. The Hall–Kier alpha value is -1.93. The zero-order valence-corrected chi connectivity index (χ0v) is 13.1. The number of sulfonamides is 1. The smallest absolute Gasteiger partial charge is 0.261 e. The van der Waals surface area contributed by atoms with Crippen LogP contribution in [0.25, 0.3) is 0 Å². The van der Waals surface area contributed by atoms with Gasteiger partial charge in [0.15, 0.2) is 0 Å². The van der Waals surface area contributed by atoms with E-state index in [1.54, 1.807) is 24.4 Å². The normalized spacial score (nSPS) is 12.6. The van der Waals surface area contributed by atoms with Crippen LogP contribution >= 0.6 is 0 Å². The molecule has 4 nitrogen and oxygen atoms in total. The van der Waals surface area contributed by atoms with Crippen molar-refractivity contribution in [1.82, 2.24) is 9.29 Å². The van der Waals surface area contributed by atoms with E-state index in [1.807, 2.05) is 0 Å². The molecular formula is C15H15F3N2O2S. The number of hydrogen-bond donors (Lipinski definition) is 0. The molecule has 2 rings (SSSR count). The van der Waals surface area contributed by atoms with Crippen LogP contribution in [-0.4, -0.2) is 31.3 Å². The number of rotatable bonds is 5. The highest BCUT2D eigenvalue weighted by atomic mass is 32.2. The van der Waals surface area contributed by atoms with Crippen LogP contribution in [0, 0.1) is 0 Å². The van der Waals surface area contributed by atoms with Gasteiger partial charge in [-0.25, -0.2) is 12.7 Å². The highest BCUT2D eigenvalue weighted by Crippen LogP contribution is 2.30. The Kier molecular flexibility index (Phi) is 5.06. The molecule has 0 N–H and O–H groups in total. The molecule has 8 heteroatoms. The first-order valence-corrected chi connectivity index (χ1v) is 8.19. The number of benzene rings is 1. The summed E-state index contributed by atoms with van der Waals surface area (Å²) in [7, 11) is -2.45. The number of pyridine rings is 1. The van der Waals surface area contributed by atoms with E-state index in [-0.39, 0.29) is 11.4 Å². The highest BCUT2D eigenvalue weighted by molar-refractivity contribution is 7.89. The van der Waals surface area contributed by atoms with Crippen LogP contribution in [0.2, 0.25) is 0 Å². The molecule has 0 spiro atoms. The second-order valence-corrected chi connectivity index (χ2v) is 6.96. The number of alkyl halides is 3. The largest absolute Gasteiger partial charge is 0.416 e. The monoisotopic (exact) mass is 344 g/mol. The van der Waals surface area contributed by atoms with E-state index in [0.717, 1.165) is 34.3 Å². The quantitative estimate of drug-likeness (QED) is 0.838. The molecule has 0 bridgehead atoms. The number of aromatic nitrogens is 1. The van der Waals surface area contributed by atoms with Crippen LogP contribution in [0.4, 0.5) is 13.2 Å². The minimum absolute atomic E-state index is 0.172. The van der Waals surface area contributed by atoms with Crippen molar-refractivity contribution in [3.8, 4) is 0 Å². The number of likely N-dealkylation sites (N-methyl/N-ethyl adjacent to an activating group) is 1. The van der Waals surface area contributed by atoms with Crippen LogP contribution in [0.5, 0.6) is 0 Å². The third-order valence-electron chi connectivity index (χ3n) is 3.30. The number of nitrogens with zero attached hydrogens (tertiary/aromatic N) is 2. The van der Waals surface area contributed by atoms with Gasteiger partial charge in [0.1, 0.15) is 0 Å². The minimum atomic E-state index is -4.49. The van der Waals surface area contributed by atoms with Crippen molar-refractivity contribution in [2.24, 2.45) is 0 Å². The standard InChI is InChI=1S/C15H15F3N2O2S/c1-20(11-9-13-4-2-3-10-19-13)23(21,22)14-7-5-12(6-8-14)15(16,17)18/h2-8,10H,9,11H2,1H3. The highest BCUT2D eigenvalue weighted by Gasteiger charge is 2.31. The summed E-state index contributed by atoms with van der Waals surface area (Å²) in [5.41, 5.74) is -0.144. The Morgan fingerprint density at radius 2 is 1.74 bits per heavy atom. The first-order chi connectivity index (χ1) is 10.7. The zero-order valence-electron chi connectivity index (χ0n) is 12.3. The van der Waals surface area contributed by atoms with Crippen LogP contribution in [0.3, 0.4) is 0 Å². The molecule has 0 saturated carbocycles. The van der Waals surface area contributed by atoms with Gasteiger partial charge in [0.05, 0.1) is 10.5 Å². The SMILES string of the molecule is CN(CCc1ccccn1)S(=O)(=O)c1ccc(C(F)(F)F)cc1. The Morgan fingerprint density at radius 3 is 2.26 bits per heavy atom. The van der Waals surface area contributed by atoms with Gasteiger partial charge in [-0.05, 0) is 36.4 Å². The lowest BCUT2D eigenvalue weighted by Crippen LogP contribution is -2.29. The first kappa shape index (κ1) is 17.4. The lowest BCUT2D eigenvalue weighted by molar-refractivity contribution is -0.137. The van der Waals surface area contributed by atoms with E-state index in [1.165, 1.54) is 7.05 Å². The maximum absolute atomic E-state index is 12.5. The van der Waals surface area contributed by atoms with Gasteiger partial charge < -0.3 is 0 Å². The molecule has 1 aromatic heterocycles. The molecule has 1 heterocycles.